The van der Waals surface area contributed by atoms with E-state index >= 15 is 0 Å². The molecule has 0 radical (unpaired) electrons. The molecule has 0 aromatic heterocycles. The first-order chi connectivity index (χ1) is 7.79. The summed E-state index contributed by atoms with van der Waals surface area (Å²) in [7, 11) is 0. The molecular weight excluding hydrogens is 238 g/mol. The van der Waals surface area contributed by atoms with Crippen LogP contribution >= 0.6 is 23.8 Å². The Bertz CT molecular complexity index is 430. The molecule has 0 unspecified atom stereocenters. The lowest BCUT2D eigenvalue weighted by Crippen LogP contribution is -2.18. The molecule has 3 heteroatoms. The van der Waals surface area contributed by atoms with Gasteiger partial charge in [0.05, 0.1) is 0 Å². The van der Waals surface area contributed by atoms with Crippen LogP contribution in [0.2, 0.25) is 0 Å². The highest BCUT2D eigenvalue weighted by Crippen LogP contribution is 2.26. The van der Waals surface area contributed by atoms with E-state index in [9.17, 15) is 0 Å². The van der Waals surface area contributed by atoms with Gasteiger partial charge in [0.25, 0.3) is 0 Å². The van der Waals surface area contributed by atoms with Crippen molar-refractivity contribution in [3.8, 4) is 0 Å². The fraction of sp³-hybridized carbons (Fsp3) is 0. The maximum Gasteiger partial charge on any atom is 0.179 e. The van der Waals surface area contributed by atoms with E-state index in [4.69, 9.17) is 23.8 Å². The van der Waals surface area contributed by atoms with Crippen LogP contribution in [0.1, 0.15) is 0 Å². The molecule has 0 fully saturated rings. The molecule has 1 nitrogen and oxygen atoms in total. The van der Waals surface area contributed by atoms with Gasteiger partial charge in [0.1, 0.15) is 0 Å². The lowest BCUT2D eigenvalue weighted by molar-refractivity contribution is 1.38. The number of hydrogen-bond acceptors (Lipinski definition) is 1. The van der Waals surface area contributed by atoms with E-state index in [1.807, 2.05) is 65.6 Å². The first-order valence-electron chi connectivity index (χ1n) is 4.89. The average molecular weight is 248 g/mol. The van der Waals surface area contributed by atoms with E-state index < -0.39 is 0 Å². The van der Waals surface area contributed by atoms with Crippen LogP contribution in [-0.4, -0.2) is 4.45 Å². The van der Waals surface area contributed by atoms with Gasteiger partial charge < -0.3 is 0 Å². The van der Waals surface area contributed by atoms with Crippen LogP contribution in [0.3, 0.4) is 0 Å². The van der Waals surface area contributed by atoms with Gasteiger partial charge >= 0.3 is 0 Å². The van der Waals surface area contributed by atoms with Crippen molar-refractivity contribution in [2.24, 2.45) is 0 Å². The van der Waals surface area contributed by atoms with E-state index in [1.165, 1.54) is 0 Å². The summed E-state index contributed by atoms with van der Waals surface area (Å²) in [6, 6.07) is 19.7. The summed E-state index contributed by atoms with van der Waals surface area (Å²) in [4.78, 5) is 1.83. The van der Waals surface area contributed by atoms with Crippen LogP contribution in [0.5, 0.6) is 0 Å². The van der Waals surface area contributed by atoms with E-state index in [-0.39, 0.29) is 0 Å². The second kappa shape index (κ2) is 5.10. The smallest absolute Gasteiger partial charge is 0.179 e. The standard InChI is InChI=1S/C13H10ClNS/c14-13(16)15(11-7-3-1-4-8-11)12-9-5-2-6-10-12/h1-10H. The first-order valence-corrected chi connectivity index (χ1v) is 5.67. The fourth-order valence-corrected chi connectivity index (χ4v) is 1.91. The van der Waals surface area contributed by atoms with Gasteiger partial charge in [-0.1, -0.05) is 48.0 Å². The number of nitrogens with zero attached hydrogens (tertiary/aromatic N) is 1. The Balaban J connectivity index is 2.44. The molecule has 0 N–H and O–H groups in total. The molecule has 0 saturated carbocycles. The minimum Gasteiger partial charge on any atom is -0.292 e. The molecule has 0 aliphatic carbocycles. The monoisotopic (exact) mass is 247 g/mol. The van der Waals surface area contributed by atoms with Crippen LogP contribution in [0.4, 0.5) is 11.4 Å². The van der Waals surface area contributed by atoms with Gasteiger partial charge in [-0.15, -0.1) is 0 Å². The van der Waals surface area contributed by atoms with Crippen molar-refractivity contribution in [3.63, 3.8) is 0 Å². The second-order valence-electron chi connectivity index (χ2n) is 3.26. The van der Waals surface area contributed by atoms with Gasteiger partial charge in [0.2, 0.25) is 0 Å². The van der Waals surface area contributed by atoms with Crippen LogP contribution in [0.15, 0.2) is 60.7 Å². The van der Waals surface area contributed by atoms with Crippen molar-refractivity contribution in [1.29, 1.82) is 0 Å². The molecule has 0 atom stereocenters. The summed E-state index contributed by atoms with van der Waals surface area (Å²) in [6.45, 7) is 0. The number of halogens is 1. The van der Waals surface area contributed by atoms with Crippen molar-refractivity contribution < 1.29 is 0 Å². The highest BCUT2D eigenvalue weighted by Gasteiger charge is 2.11. The topological polar surface area (TPSA) is 3.24 Å². The van der Waals surface area contributed by atoms with E-state index in [0.29, 0.717) is 4.45 Å². The SMILES string of the molecule is S=C(Cl)N(c1ccccc1)c1ccccc1. The predicted molar refractivity (Wildman–Crippen MR) is 73.5 cm³/mol. The number of benzene rings is 2. The fourth-order valence-electron chi connectivity index (χ4n) is 1.51. The molecular formula is C13H10ClNS. The maximum absolute atomic E-state index is 5.97. The zero-order valence-corrected chi connectivity index (χ0v) is 10.1. The van der Waals surface area contributed by atoms with Gasteiger partial charge in [-0.2, -0.15) is 0 Å². The number of thiocarbonyl (C=S) groups is 1. The van der Waals surface area contributed by atoms with E-state index in [2.05, 4.69) is 0 Å². The molecule has 0 bridgehead atoms. The molecule has 0 heterocycles. The summed E-state index contributed by atoms with van der Waals surface area (Å²) in [5, 5.41) is 0. The molecule has 0 aliphatic rings. The minimum atomic E-state index is 0.317. The maximum atomic E-state index is 5.97. The normalized spacial score (nSPS) is 9.81. The number of para-hydroxylation sites is 2. The van der Waals surface area contributed by atoms with Crippen LogP contribution in [0, 0.1) is 0 Å². The van der Waals surface area contributed by atoms with Gasteiger partial charge in [-0.25, -0.2) is 0 Å². The van der Waals surface area contributed by atoms with Gasteiger partial charge in [-0.05, 0) is 36.5 Å². The van der Waals surface area contributed by atoms with Crippen molar-refractivity contribution in [3.05, 3.63) is 60.7 Å². The number of hydrogen-bond donors (Lipinski definition) is 0. The Morgan fingerprint density at radius 3 is 1.50 bits per heavy atom. The quantitative estimate of drug-likeness (QED) is 0.441. The van der Waals surface area contributed by atoms with Gasteiger partial charge in [0, 0.05) is 11.4 Å². The third kappa shape index (κ3) is 2.40. The Labute approximate surface area is 105 Å². The number of anilines is 2. The Morgan fingerprint density at radius 2 is 1.19 bits per heavy atom. The summed E-state index contributed by atoms with van der Waals surface area (Å²) < 4.78 is 0.317. The molecule has 2 rings (SSSR count). The Kier molecular flexibility index (Phi) is 3.54. The zero-order valence-electron chi connectivity index (χ0n) is 8.51. The van der Waals surface area contributed by atoms with Crippen LogP contribution < -0.4 is 4.90 Å². The molecule has 2 aromatic carbocycles. The van der Waals surface area contributed by atoms with Crippen LogP contribution in [0.25, 0.3) is 0 Å². The van der Waals surface area contributed by atoms with Crippen molar-refractivity contribution in [2.75, 3.05) is 4.90 Å². The summed E-state index contributed by atoms with van der Waals surface area (Å²) in [5.74, 6) is 0. The molecule has 16 heavy (non-hydrogen) atoms. The zero-order chi connectivity index (χ0) is 11.4. The van der Waals surface area contributed by atoms with Gasteiger partial charge in [0.15, 0.2) is 4.45 Å². The van der Waals surface area contributed by atoms with E-state index in [1.54, 1.807) is 0 Å². The Morgan fingerprint density at radius 1 is 0.812 bits per heavy atom. The lowest BCUT2D eigenvalue weighted by Gasteiger charge is -2.21. The van der Waals surface area contributed by atoms with Crippen LogP contribution in [-0.2, 0) is 0 Å². The molecule has 80 valence electrons. The average Bonchev–Trinajstić information content (AvgIpc) is 2.31. The van der Waals surface area contributed by atoms with Crippen molar-refractivity contribution in [2.45, 2.75) is 0 Å². The summed E-state index contributed by atoms with van der Waals surface area (Å²) in [6.07, 6.45) is 0. The minimum absolute atomic E-state index is 0.317. The lowest BCUT2D eigenvalue weighted by atomic mass is 10.2. The first kappa shape index (κ1) is 11.1. The van der Waals surface area contributed by atoms with Crippen molar-refractivity contribution >= 4 is 39.6 Å². The molecule has 0 saturated heterocycles. The summed E-state index contributed by atoms with van der Waals surface area (Å²) >= 11 is 11.0. The molecule has 0 amide bonds. The Hall–Kier alpha value is -1.38. The van der Waals surface area contributed by atoms with Gasteiger partial charge in [-0.3, -0.25) is 4.90 Å². The molecule has 0 spiro atoms. The predicted octanol–water partition coefficient (Wildman–Crippen LogP) is 4.35. The third-order valence-electron chi connectivity index (χ3n) is 2.20. The van der Waals surface area contributed by atoms with E-state index in [0.717, 1.165) is 11.4 Å². The highest BCUT2D eigenvalue weighted by atomic mass is 35.5. The number of rotatable bonds is 2. The third-order valence-corrected chi connectivity index (χ3v) is 2.56. The second-order valence-corrected chi connectivity index (χ2v) is 4.23. The highest BCUT2D eigenvalue weighted by molar-refractivity contribution is 7.83. The molecule has 2 aromatic rings. The largest absolute Gasteiger partial charge is 0.292 e. The molecule has 0 aliphatic heterocycles. The van der Waals surface area contributed by atoms with Crippen molar-refractivity contribution in [1.82, 2.24) is 0 Å². The summed E-state index contributed by atoms with van der Waals surface area (Å²) in [5.41, 5.74) is 1.93.